The Labute approximate surface area is 117 Å². The van der Waals surface area contributed by atoms with Crippen LogP contribution in [0.2, 0.25) is 0 Å². The van der Waals surface area contributed by atoms with E-state index in [1.165, 1.54) is 19.9 Å². The van der Waals surface area contributed by atoms with Gasteiger partial charge in [0.1, 0.15) is 11.4 Å². The summed E-state index contributed by atoms with van der Waals surface area (Å²) in [5.74, 6) is -1.48. The molecule has 0 saturated carbocycles. The molecule has 0 aliphatic heterocycles. The maximum absolute atomic E-state index is 13.4. The van der Waals surface area contributed by atoms with E-state index in [-0.39, 0.29) is 5.82 Å². The molecule has 0 aliphatic rings. The summed E-state index contributed by atoms with van der Waals surface area (Å²) in [5, 5.41) is 13.8. The average Bonchev–Trinajstić information content (AvgIpc) is 2.31. The largest absolute Gasteiger partial charge is 0.480 e. The van der Waals surface area contributed by atoms with Gasteiger partial charge in [-0.1, -0.05) is 12.1 Å². The van der Waals surface area contributed by atoms with Crippen molar-refractivity contribution in [1.29, 1.82) is 0 Å². The minimum atomic E-state index is -1.37. The number of carboxylic acids is 1. The number of rotatable bonds is 4. The van der Waals surface area contributed by atoms with Gasteiger partial charge in [-0.15, -0.1) is 0 Å². The van der Waals surface area contributed by atoms with Crippen LogP contribution in [0, 0.1) is 12.7 Å². The highest BCUT2D eigenvalue weighted by Gasteiger charge is 2.29. The number of hydrogen-bond donors (Lipinski definition) is 3. The van der Waals surface area contributed by atoms with Gasteiger partial charge in [0.2, 0.25) is 0 Å². The summed E-state index contributed by atoms with van der Waals surface area (Å²) in [5.41, 5.74) is -0.240. The third-order valence-corrected chi connectivity index (χ3v) is 3.00. The van der Waals surface area contributed by atoms with E-state index in [4.69, 9.17) is 5.11 Å². The van der Waals surface area contributed by atoms with Gasteiger partial charge in [-0.25, -0.2) is 14.0 Å². The molecule has 2 amide bonds. The quantitative estimate of drug-likeness (QED) is 0.793. The van der Waals surface area contributed by atoms with Crippen LogP contribution in [0.5, 0.6) is 0 Å². The standard InChI is InChI=1S/C14H19FN2O3/c1-8-5-6-10(7-11(8)15)9(2)16-13(20)17-14(3,4)12(18)19/h5-7,9H,1-4H3,(H,18,19)(H2,16,17,20). The highest BCUT2D eigenvalue weighted by Crippen LogP contribution is 2.16. The van der Waals surface area contributed by atoms with Crippen LogP contribution in [0.4, 0.5) is 9.18 Å². The van der Waals surface area contributed by atoms with Crippen molar-refractivity contribution in [2.45, 2.75) is 39.3 Å². The lowest BCUT2D eigenvalue weighted by Crippen LogP contribution is -2.53. The molecule has 5 nitrogen and oxygen atoms in total. The third-order valence-electron chi connectivity index (χ3n) is 3.00. The zero-order valence-electron chi connectivity index (χ0n) is 12.0. The molecule has 0 radical (unpaired) electrons. The van der Waals surface area contributed by atoms with Crippen molar-refractivity contribution in [2.75, 3.05) is 0 Å². The van der Waals surface area contributed by atoms with Crippen LogP contribution in [0.15, 0.2) is 18.2 Å². The Balaban J connectivity index is 2.70. The average molecular weight is 282 g/mol. The number of amides is 2. The zero-order valence-corrected chi connectivity index (χ0v) is 12.0. The van der Waals surface area contributed by atoms with Gasteiger partial charge >= 0.3 is 12.0 Å². The molecule has 1 aromatic rings. The molecule has 0 fully saturated rings. The van der Waals surface area contributed by atoms with E-state index in [2.05, 4.69) is 10.6 Å². The lowest BCUT2D eigenvalue weighted by molar-refractivity contribution is -0.142. The normalized spacial score (nSPS) is 12.7. The predicted molar refractivity (Wildman–Crippen MR) is 72.9 cm³/mol. The first-order valence-electron chi connectivity index (χ1n) is 6.21. The Morgan fingerprint density at radius 2 is 1.95 bits per heavy atom. The molecule has 6 heteroatoms. The highest BCUT2D eigenvalue weighted by atomic mass is 19.1. The van der Waals surface area contributed by atoms with E-state index in [1.54, 1.807) is 26.0 Å². The van der Waals surface area contributed by atoms with Crippen LogP contribution >= 0.6 is 0 Å². The number of halogens is 1. The molecule has 0 saturated heterocycles. The lowest BCUT2D eigenvalue weighted by Gasteiger charge is -2.23. The van der Waals surface area contributed by atoms with Crippen molar-refractivity contribution in [3.63, 3.8) is 0 Å². The Kier molecular flexibility index (Phi) is 4.70. The highest BCUT2D eigenvalue weighted by molar-refractivity contribution is 5.85. The van der Waals surface area contributed by atoms with E-state index >= 15 is 0 Å². The molecule has 1 atom stereocenters. The molecule has 20 heavy (non-hydrogen) atoms. The van der Waals surface area contributed by atoms with Gasteiger partial charge < -0.3 is 15.7 Å². The fraction of sp³-hybridized carbons (Fsp3) is 0.429. The maximum Gasteiger partial charge on any atom is 0.328 e. The van der Waals surface area contributed by atoms with Crippen molar-refractivity contribution in [3.8, 4) is 0 Å². The van der Waals surface area contributed by atoms with E-state index in [9.17, 15) is 14.0 Å². The number of benzene rings is 1. The van der Waals surface area contributed by atoms with Crippen LogP contribution in [0.1, 0.15) is 37.9 Å². The number of aliphatic carboxylic acids is 1. The van der Waals surface area contributed by atoms with Gasteiger partial charge in [0, 0.05) is 0 Å². The number of urea groups is 1. The van der Waals surface area contributed by atoms with Crippen LogP contribution < -0.4 is 10.6 Å². The van der Waals surface area contributed by atoms with Gasteiger partial charge in [-0.3, -0.25) is 0 Å². The van der Waals surface area contributed by atoms with Gasteiger partial charge in [0.05, 0.1) is 6.04 Å². The molecular formula is C14H19FN2O3. The Morgan fingerprint density at radius 1 is 1.35 bits per heavy atom. The van der Waals surface area contributed by atoms with Gasteiger partial charge in [-0.05, 0) is 44.9 Å². The number of carbonyl (C=O) groups excluding carboxylic acids is 1. The topological polar surface area (TPSA) is 78.4 Å². The summed E-state index contributed by atoms with van der Waals surface area (Å²) >= 11 is 0. The first-order chi connectivity index (χ1) is 9.13. The molecular weight excluding hydrogens is 263 g/mol. The van der Waals surface area contributed by atoms with E-state index in [0.717, 1.165) is 0 Å². The molecule has 0 spiro atoms. The van der Waals surface area contributed by atoms with Crippen LogP contribution in [0.25, 0.3) is 0 Å². The summed E-state index contributed by atoms with van der Waals surface area (Å²) in [7, 11) is 0. The molecule has 0 aromatic heterocycles. The Hall–Kier alpha value is -2.11. The Bertz CT molecular complexity index is 529. The van der Waals surface area contributed by atoms with Crippen molar-refractivity contribution < 1.29 is 19.1 Å². The van der Waals surface area contributed by atoms with E-state index in [0.29, 0.717) is 11.1 Å². The minimum Gasteiger partial charge on any atom is -0.480 e. The molecule has 0 bridgehead atoms. The Morgan fingerprint density at radius 3 is 2.45 bits per heavy atom. The molecule has 0 aliphatic carbocycles. The third kappa shape index (κ3) is 3.94. The lowest BCUT2D eigenvalue weighted by atomic mass is 10.1. The molecule has 3 N–H and O–H groups in total. The van der Waals surface area contributed by atoms with Gasteiger partial charge in [0.15, 0.2) is 0 Å². The number of aryl methyl sites for hydroxylation is 1. The SMILES string of the molecule is Cc1ccc(C(C)NC(=O)NC(C)(C)C(=O)O)cc1F. The summed E-state index contributed by atoms with van der Waals surface area (Å²) < 4.78 is 13.4. The smallest absolute Gasteiger partial charge is 0.328 e. The van der Waals surface area contributed by atoms with Crippen molar-refractivity contribution in [3.05, 3.63) is 35.1 Å². The summed E-state index contributed by atoms with van der Waals surface area (Å²) in [6.45, 7) is 6.10. The van der Waals surface area contributed by atoms with E-state index < -0.39 is 23.6 Å². The van der Waals surface area contributed by atoms with Gasteiger partial charge in [0.25, 0.3) is 0 Å². The fourth-order valence-electron chi connectivity index (χ4n) is 1.53. The maximum atomic E-state index is 13.4. The zero-order chi connectivity index (χ0) is 15.5. The minimum absolute atomic E-state index is 0.345. The summed E-state index contributed by atoms with van der Waals surface area (Å²) in [6, 6.07) is 3.64. The first-order valence-corrected chi connectivity index (χ1v) is 6.21. The number of nitrogens with one attached hydrogen (secondary N) is 2. The van der Waals surface area contributed by atoms with Gasteiger partial charge in [-0.2, -0.15) is 0 Å². The number of carboxylic acid groups (broad SMARTS) is 1. The molecule has 0 heterocycles. The second-order valence-corrected chi connectivity index (χ2v) is 5.26. The van der Waals surface area contributed by atoms with Crippen LogP contribution in [0.3, 0.4) is 0 Å². The second-order valence-electron chi connectivity index (χ2n) is 5.26. The van der Waals surface area contributed by atoms with Crippen molar-refractivity contribution >= 4 is 12.0 Å². The summed E-state index contributed by atoms with van der Waals surface area (Å²) in [4.78, 5) is 22.6. The monoisotopic (exact) mass is 282 g/mol. The van der Waals surface area contributed by atoms with Crippen LogP contribution in [-0.4, -0.2) is 22.6 Å². The molecule has 1 rings (SSSR count). The number of carbonyl (C=O) groups is 2. The summed E-state index contributed by atoms with van der Waals surface area (Å²) in [6.07, 6.45) is 0. The molecule has 1 aromatic carbocycles. The second kappa shape index (κ2) is 5.90. The van der Waals surface area contributed by atoms with E-state index in [1.807, 2.05) is 0 Å². The van der Waals surface area contributed by atoms with Crippen LogP contribution in [-0.2, 0) is 4.79 Å². The molecule has 110 valence electrons. The number of hydrogen-bond acceptors (Lipinski definition) is 2. The first kappa shape index (κ1) is 15.9. The fourth-order valence-corrected chi connectivity index (χ4v) is 1.53. The van der Waals surface area contributed by atoms with Crippen molar-refractivity contribution in [1.82, 2.24) is 10.6 Å². The van der Waals surface area contributed by atoms with Crippen molar-refractivity contribution in [2.24, 2.45) is 0 Å². The predicted octanol–water partition coefficient (Wildman–Crippen LogP) is 2.36. The molecule has 1 unspecified atom stereocenters.